The zero-order chi connectivity index (χ0) is 19.5. The first-order chi connectivity index (χ1) is 13.6. The number of likely N-dealkylation sites (N-methyl/N-ethyl adjacent to an activating group) is 1. The Morgan fingerprint density at radius 1 is 1.07 bits per heavy atom. The molecule has 0 fully saturated rings. The van der Waals surface area contributed by atoms with Gasteiger partial charge in [0.15, 0.2) is 6.61 Å². The van der Waals surface area contributed by atoms with Crippen LogP contribution in [0.3, 0.4) is 0 Å². The zero-order valence-electron chi connectivity index (χ0n) is 15.8. The number of aromatic nitrogens is 1. The van der Waals surface area contributed by atoms with Crippen LogP contribution in [-0.2, 0) is 16.0 Å². The molecule has 0 N–H and O–H groups in total. The average Bonchev–Trinajstić information content (AvgIpc) is 2.76. The highest BCUT2D eigenvalue weighted by atomic mass is 16.5. The van der Waals surface area contributed by atoms with Gasteiger partial charge < -0.3 is 9.64 Å². The SMILES string of the molecule is CN(C(=O)COC(=O)c1ccc2ccccc2n1)C1CCCc2ccccc21. The minimum absolute atomic E-state index is 0.0231. The van der Waals surface area contributed by atoms with Gasteiger partial charge in [0.1, 0.15) is 5.69 Å². The Labute approximate surface area is 163 Å². The van der Waals surface area contributed by atoms with Crippen LogP contribution in [0.15, 0.2) is 60.7 Å². The van der Waals surface area contributed by atoms with Crippen molar-refractivity contribution in [1.29, 1.82) is 0 Å². The van der Waals surface area contributed by atoms with Crippen molar-refractivity contribution in [2.45, 2.75) is 25.3 Å². The summed E-state index contributed by atoms with van der Waals surface area (Å²) < 4.78 is 5.25. The number of para-hydroxylation sites is 1. The third kappa shape index (κ3) is 3.60. The van der Waals surface area contributed by atoms with Crippen molar-refractivity contribution in [3.05, 3.63) is 77.5 Å². The van der Waals surface area contributed by atoms with Gasteiger partial charge in [-0.2, -0.15) is 0 Å². The maximum atomic E-state index is 12.6. The minimum Gasteiger partial charge on any atom is -0.451 e. The summed E-state index contributed by atoms with van der Waals surface area (Å²) in [6.45, 7) is -0.289. The van der Waals surface area contributed by atoms with E-state index < -0.39 is 5.97 Å². The van der Waals surface area contributed by atoms with Crippen molar-refractivity contribution in [3.8, 4) is 0 Å². The van der Waals surface area contributed by atoms with Gasteiger partial charge in [-0.05, 0) is 42.5 Å². The summed E-state index contributed by atoms with van der Waals surface area (Å²) in [7, 11) is 1.78. The molecule has 1 heterocycles. The number of carbonyl (C=O) groups is 2. The first kappa shape index (κ1) is 18.2. The molecule has 5 heteroatoms. The number of hydrogen-bond acceptors (Lipinski definition) is 4. The molecule has 5 nitrogen and oxygen atoms in total. The Balaban J connectivity index is 1.41. The molecule has 3 aromatic rings. The predicted molar refractivity (Wildman–Crippen MR) is 107 cm³/mol. The summed E-state index contributed by atoms with van der Waals surface area (Å²) in [5.41, 5.74) is 3.40. The number of fused-ring (bicyclic) bond motifs is 2. The van der Waals surface area contributed by atoms with Crippen molar-refractivity contribution in [2.24, 2.45) is 0 Å². The normalized spacial score (nSPS) is 15.7. The molecule has 0 spiro atoms. The molecule has 1 aliphatic carbocycles. The Morgan fingerprint density at radius 3 is 2.75 bits per heavy atom. The van der Waals surface area contributed by atoms with Gasteiger partial charge in [-0.1, -0.05) is 48.5 Å². The van der Waals surface area contributed by atoms with Crippen LogP contribution in [0.2, 0.25) is 0 Å². The van der Waals surface area contributed by atoms with Gasteiger partial charge in [-0.15, -0.1) is 0 Å². The number of carbonyl (C=O) groups excluding carboxylic acids is 2. The first-order valence-electron chi connectivity index (χ1n) is 9.50. The summed E-state index contributed by atoms with van der Waals surface area (Å²) in [5, 5.41) is 0.950. The minimum atomic E-state index is -0.587. The predicted octanol–water partition coefficient (Wildman–Crippen LogP) is 3.93. The second kappa shape index (κ2) is 7.80. The number of ether oxygens (including phenoxy) is 1. The summed E-state index contributed by atoms with van der Waals surface area (Å²) >= 11 is 0. The molecule has 4 rings (SSSR count). The second-order valence-electron chi connectivity index (χ2n) is 7.08. The topological polar surface area (TPSA) is 59.5 Å². The van der Waals surface area contributed by atoms with Gasteiger partial charge in [0, 0.05) is 12.4 Å². The van der Waals surface area contributed by atoms with Crippen molar-refractivity contribution >= 4 is 22.8 Å². The van der Waals surface area contributed by atoms with Crippen LogP contribution in [-0.4, -0.2) is 35.4 Å². The largest absolute Gasteiger partial charge is 0.451 e. The summed E-state index contributed by atoms with van der Waals surface area (Å²) in [6.07, 6.45) is 3.00. The van der Waals surface area contributed by atoms with E-state index in [0.29, 0.717) is 0 Å². The fourth-order valence-corrected chi connectivity index (χ4v) is 3.79. The lowest BCUT2D eigenvalue weighted by Crippen LogP contribution is -2.36. The number of hydrogen-bond donors (Lipinski definition) is 0. The molecule has 0 bridgehead atoms. The molecule has 0 saturated carbocycles. The lowest BCUT2D eigenvalue weighted by atomic mass is 9.87. The van der Waals surface area contributed by atoms with Crippen LogP contribution in [0.25, 0.3) is 10.9 Å². The molecular weight excluding hydrogens is 352 g/mol. The zero-order valence-corrected chi connectivity index (χ0v) is 15.8. The van der Waals surface area contributed by atoms with Gasteiger partial charge in [0.05, 0.1) is 11.6 Å². The first-order valence-corrected chi connectivity index (χ1v) is 9.50. The highest BCUT2D eigenvalue weighted by Crippen LogP contribution is 2.33. The molecule has 1 amide bonds. The third-order valence-electron chi connectivity index (χ3n) is 5.33. The van der Waals surface area contributed by atoms with E-state index in [1.165, 1.54) is 11.1 Å². The van der Waals surface area contributed by atoms with Crippen LogP contribution < -0.4 is 0 Å². The van der Waals surface area contributed by atoms with E-state index in [4.69, 9.17) is 4.74 Å². The lowest BCUT2D eigenvalue weighted by Gasteiger charge is -2.33. The van der Waals surface area contributed by atoms with Crippen LogP contribution in [0.4, 0.5) is 0 Å². The molecule has 2 aromatic carbocycles. The highest BCUT2D eigenvalue weighted by molar-refractivity contribution is 5.92. The summed E-state index contributed by atoms with van der Waals surface area (Å²) in [4.78, 5) is 31.0. The molecule has 1 aromatic heterocycles. The number of amides is 1. The smallest absolute Gasteiger partial charge is 0.357 e. The number of pyridine rings is 1. The van der Waals surface area contributed by atoms with E-state index >= 15 is 0 Å². The van der Waals surface area contributed by atoms with Crippen LogP contribution in [0.5, 0.6) is 0 Å². The van der Waals surface area contributed by atoms with Gasteiger partial charge >= 0.3 is 5.97 Å². The molecule has 0 saturated heterocycles. The molecule has 142 valence electrons. The maximum Gasteiger partial charge on any atom is 0.357 e. The monoisotopic (exact) mass is 374 g/mol. The van der Waals surface area contributed by atoms with Crippen molar-refractivity contribution in [2.75, 3.05) is 13.7 Å². The van der Waals surface area contributed by atoms with E-state index in [9.17, 15) is 9.59 Å². The standard InChI is InChI=1S/C23H22N2O3/c1-25(21-12-6-9-16-7-2-4-10-18(16)21)22(26)15-28-23(27)20-14-13-17-8-3-5-11-19(17)24-20/h2-5,7-8,10-11,13-14,21H,6,9,12,15H2,1H3. The quantitative estimate of drug-likeness (QED) is 0.649. The van der Waals surface area contributed by atoms with E-state index in [1.807, 2.05) is 42.5 Å². The number of esters is 1. The summed E-state index contributed by atoms with van der Waals surface area (Å²) in [5.74, 6) is -0.799. The summed E-state index contributed by atoms with van der Waals surface area (Å²) in [6, 6.07) is 19.2. The van der Waals surface area contributed by atoms with E-state index in [2.05, 4.69) is 17.1 Å². The molecule has 0 aliphatic heterocycles. The van der Waals surface area contributed by atoms with Gasteiger partial charge in [0.25, 0.3) is 5.91 Å². The lowest BCUT2D eigenvalue weighted by molar-refractivity contribution is -0.135. The Kier molecular flexibility index (Phi) is 5.06. The van der Waals surface area contributed by atoms with Crippen LogP contribution in [0.1, 0.15) is 40.5 Å². The van der Waals surface area contributed by atoms with E-state index in [1.54, 1.807) is 18.0 Å². The Hall–Kier alpha value is -3.21. The molecular formula is C23H22N2O3. The number of aryl methyl sites for hydroxylation is 1. The van der Waals surface area contributed by atoms with Gasteiger partial charge in [-0.3, -0.25) is 4.79 Å². The second-order valence-corrected chi connectivity index (χ2v) is 7.08. The number of nitrogens with zero attached hydrogens (tertiary/aromatic N) is 2. The average molecular weight is 374 g/mol. The fourth-order valence-electron chi connectivity index (χ4n) is 3.79. The molecule has 1 unspecified atom stereocenters. The molecule has 28 heavy (non-hydrogen) atoms. The van der Waals surface area contributed by atoms with Gasteiger partial charge in [-0.25, -0.2) is 9.78 Å². The Morgan fingerprint density at radius 2 is 1.86 bits per heavy atom. The molecule has 1 aliphatic rings. The number of benzene rings is 2. The van der Waals surface area contributed by atoms with Crippen molar-refractivity contribution < 1.29 is 14.3 Å². The van der Waals surface area contributed by atoms with Crippen LogP contribution >= 0.6 is 0 Å². The van der Waals surface area contributed by atoms with Gasteiger partial charge in [0.2, 0.25) is 0 Å². The van der Waals surface area contributed by atoms with E-state index in [0.717, 1.165) is 30.2 Å². The van der Waals surface area contributed by atoms with Crippen molar-refractivity contribution in [1.82, 2.24) is 9.88 Å². The highest BCUT2D eigenvalue weighted by Gasteiger charge is 2.27. The third-order valence-corrected chi connectivity index (χ3v) is 5.33. The Bertz CT molecular complexity index is 1030. The van der Waals surface area contributed by atoms with Crippen molar-refractivity contribution in [3.63, 3.8) is 0 Å². The van der Waals surface area contributed by atoms with E-state index in [-0.39, 0.29) is 24.2 Å². The fraction of sp³-hybridized carbons (Fsp3) is 0.261. The molecule has 0 radical (unpaired) electrons. The molecule has 1 atom stereocenters. The number of rotatable bonds is 4. The van der Waals surface area contributed by atoms with Crippen LogP contribution in [0, 0.1) is 0 Å². The maximum absolute atomic E-state index is 12.6.